The summed E-state index contributed by atoms with van der Waals surface area (Å²) in [6.45, 7) is 8.11. The van der Waals surface area contributed by atoms with E-state index in [4.69, 9.17) is 4.74 Å². The Labute approximate surface area is 97.5 Å². The predicted octanol–water partition coefficient (Wildman–Crippen LogP) is 2.72. The van der Waals surface area contributed by atoms with Crippen LogP contribution in [0.15, 0.2) is 0 Å². The lowest BCUT2D eigenvalue weighted by Gasteiger charge is -2.33. The van der Waals surface area contributed by atoms with Gasteiger partial charge >= 0.3 is 5.97 Å². The molecule has 0 saturated carbocycles. The fourth-order valence-corrected chi connectivity index (χ4v) is 2.85. The first kappa shape index (κ1) is 13.2. The molecule has 1 rings (SSSR count). The van der Waals surface area contributed by atoms with Crippen molar-refractivity contribution in [2.24, 2.45) is 11.3 Å². The summed E-state index contributed by atoms with van der Waals surface area (Å²) < 4.78 is 5.33. The molecule has 0 aromatic carbocycles. The van der Waals surface area contributed by atoms with Gasteiger partial charge in [-0.25, -0.2) is 4.79 Å². The Hall–Kier alpha value is -0.860. The molecule has 3 nitrogen and oxygen atoms in total. The first-order valence-electron chi connectivity index (χ1n) is 6.32. The van der Waals surface area contributed by atoms with E-state index in [-0.39, 0.29) is 11.9 Å². The molecule has 0 radical (unpaired) electrons. The number of hydrogen-bond donors (Lipinski definition) is 0. The quantitative estimate of drug-likeness (QED) is 0.534. The van der Waals surface area contributed by atoms with Crippen LogP contribution in [0.2, 0.25) is 0 Å². The Balaban J connectivity index is 3.07. The zero-order valence-corrected chi connectivity index (χ0v) is 10.7. The molecular weight excluding hydrogens is 204 g/mol. The van der Waals surface area contributed by atoms with Crippen LogP contribution in [0.3, 0.4) is 0 Å². The highest BCUT2D eigenvalue weighted by Gasteiger charge is 2.56. The molecule has 0 aliphatic carbocycles. The van der Waals surface area contributed by atoms with Gasteiger partial charge in [0, 0.05) is 0 Å². The lowest BCUT2D eigenvalue weighted by atomic mass is 9.70. The van der Waals surface area contributed by atoms with Crippen LogP contribution < -0.4 is 0 Å². The van der Waals surface area contributed by atoms with Gasteiger partial charge in [-0.05, 0) is 31.6 Å². The third kappa shape index (κ3) is 1.76. The van der Waals surface area contributed by atoms with Crippen LogP contribution in [0.4, 0.5) is 0 Å². The maximum absolute atomic E-state index is 12.0. The van der Waals surface area contributed by atoms with Gasteiger partial charge in [0.25, 0.3) is 0 Å². The Bertz CT molecular complexity index is 275. The normalized spacial score (nSPS) is 23.9. The summed E-state index contributed by atoms with van der Waals surface area (Å²) in [5.41, 5.74) is -0.562. The summed E-state index contributed by atoms with van der Waals surface area (Å²) >= 11 is 0. The minimum atomic E-state index is -0.624. The van der Waals surface area contributed by atoms with Crippen molar-refractivity contribution in [3.63, 3.8) is 0 Å². The molecule has 0 aromatic rings. The lowest BCUT2D eigenvalue weighted by Crippen LogP contribution is -2.40. The second-order valence-corrected chi connectivity index (χ2v) is 4.59. The number of esters is 1. The van der Waals surface area contributed by atoms with Gasteiger partial charge in [0.2, 0.25) is 5.78 Å². The number of ether oxygens (including phenoxy) is 1. The second kappa shape index (κ2) is 4.98. The van der Waals surface area contributed by atoms with Crippen LogP contribution in [0.1, 0.15) is 53.4 Å². The van der Waals surface area contributed by atoms with E-state index in [1.165, 1.54) is 0 Å². The summed E-state index contributed by atoms with van der Waals surface area (Å²) in [6, 6.07) is 0. The molecule has 0 bridgehead atoms. The topological polar surface area (TPSA) is 43.4 Å². The largest absolute Gasteiger partial charge is 0.455 e. The first-order chi connectivity index (χ1) is 7.57. The number of carbonyl (C=O) groups excluding carboxylic acids is 2. The summed E-state index contributed by atoms with van der Waals surface area (Å²) in [4.78, 5) is 23.4. The smallest absolute Gasteiger partial charge is 0.375 e. The van der Waals surface area contributed by atoms with Gasteiger partial charge in [0.15, 0.2) is 0 Å². The summed E-state index contributed by atoms with van der Waals surface area (Å²) in [7, 11) is 0. The molecule has 16 heavy (non-hydrogen) atoms. The molecule has 92 valence electrons. The average molecular weight is 226 g/mol. The van der Waals surface area contributed by atoms with Crippen molar-refractivity contribution in [3.05, 3.63) is 0 Å². The first-order valence-corrected chi connectivity index (χ1v) is 6.32. The van der Waals surface area contributed by atoms with E-state index >= 15 is 0 Å². The lowest BCUT2D eigenvalue weighted by molar-refractivity contribution is -0.150. The third-order valence-corrected chi connectivity index (χ3v) is 4.15. The van der Waals surface area contributed by atoms with Gasteiger partial charge < -0.3 is 4.74 Å². The number of hydrogen-bond acceptors (Lipinski definition) is 3. The van der Waals surface area contributed by atoms with Crippen LogP contribution in [0.25, 0.3) is 0 Å². The molecular formula is C13H22O3. The highest BCUT2D eigenvalue weighted by molar-refractivity contribution is 6.37. The molecule has 1 heterocycles. The van der Waals surface area contributed by atoms with Crippen molar-refractivity contribution in [3.8, 4) is 0 Å². The molecule has 0 N–H and O–H groups in total. The van der Waals surface area contributed by atoms with Crippen molar-refractivity contribution >= 4 is 11.8 Å². The molecule has 0 amide bonds. The molecule has 3 heteroatoms. The van der Waals surface area contributed by atoms with Gasteiger partial charge in [-0.15, -0.1) is 0 Å². The zero-order valence-electron chi connectivity index (χ0n) is 10.7. The number of cyclic esters (lactones) is 1. The second-order valence-electron chi connectivity index (χ2n) is 4.59. The van der Waals surface area contributed by atoms with Crippen LogP contribution in [-0.2, 0) is 14.3 Å². The van der Waals surface area contributed by atoms with Crippen molar-refractivity contribution < 1.29 is 14.3 Å². The molecule has 1 atom stereocenters. The number of ketones is 1. The molecule has 0 spiro atoms. The van der Waals surface area contributed by atoms with E-state index in [0.29, 0.717) is 18.8 Å². The maximum Gasteiger partial charge on any atom is 0.375 e. The fourth-order valence-electron chi connectivity index (χ4n) is 2.85. The van der Waals surface area contributed by atoms with Crippen molar-refractivity contribution in [1.29, 1.82) is 0 Å². The molecule has 1 aliphatic rings. The molecule has 0 aromatic heterocycles. The highest BCUT2D eigenvalue weighted by Crippen LogP contribution is 2.44. The van der Waals surface area contributed by atoms with Crippen LogP contribution >= 0.6 is 0 Å². The van der Waals surface area contributed by atoms with Gasteiger partial charge in [-0.3, -0.25) is 4.79 Å². The number of carbonyl (C=O) groups is 2. The van der Waals surface area contributed by atoms with Gasteiger partial charge in [0.05, 0.1) is 5.41 Å². The van der Waals surface area contributed by atoms with Crippen LogP contribution in [0, 0.1) is 11.3 Å². The Morgan fingerprint density at radius 2 is 1.62 bits per heavy atom. The zero-order chi connectivity index (χ0) is 12.3. The van der Waals surface area contributed by atoms with Crippen molar-refractivity contribution in [2.45, 2.75) is 59.5 Å². The predicted molar refractivity (Wildman–Crippen MR) is 62.0 cm³/mol. The van der Waals surface area contributed by atoms with E-state index in [9.17, 15) is 9.59 Å². The summed E-state index contributed by atoms with van der Waals surface area (Å²) in [5, 5.41) is 0. The van der Waals surface area contributed by atoms with Gasteiger partial charge in [-0.2, -0.15) is 0 Å². The van der Waals surface area contributed by atoms with Gasteiger partial charge in [0.1, 0.15) is 6.10 Å². The standard InChI is InChI=1S/C13H22O3/c1-5-9(6-2)11-13(7-3,8-4)10(14)12(15)16-11/h9,11H,5-8H2,1-4H3. The fraction of sp³-hybridized carbons (Fsp3) is 0.846. The van der Waals surface area contributed by atoms with Crippen LogP contribution in [-0.4, -0.2) is 17.9 Å². The van der Waals surface area contributed by atoms with Crippen LogP contribution in [0.5, 0.6) is 0 Å². The molecule has 1 fully saturated rings. The van der Waals surface area contributed by atoms with Crippen molar-refractivity contribution in [1.82, 2.24) is 0 Å². The minimum absolute atomic E-state index is 0.211. The van der Waals surface area contributed by atoms with Crippen molar-refractivity contribution in [2.75, 3.05) is 0 Å². The van der Waals surface area contributed by atoms with E-state index in [2.05, 4.69) is 13.8 Å². The Morgan fingerprint density at radius 3 is 2.00 bits per heavy atom. The Kier molecular flexibility index (Phi) is 4.11. The van der Waals surface area contributed by atoms with E-state index in [1.54, 1.807) is 0 Å². The van der Waals surface area contributed by atoms with Gasteiger partial charge in [-0.1, -0.05) is 27.7 Å². The summed E-state index contributed by atoms with van der Waals surface area (Å²) in [5.74, 6) is -0.634. The van der Waals surface area contributed by atoms with E-state index < -0.39 is 11.4 Å². The SMILES string of the molecule is CCC(CC)C1OC(=O)C(=O)C1(CC)CC. The highest BCUT2D eigenvalue weighted by atomic mass is 16.6. The monoisotopic (exact) mass is 226 g/mol. The summed E-state index contributed by atoms with van der Waals surface area (Å²) in [6.07, 6.45) is 3.06. The van der Waals surface area contributed by atoms with E-state index in [1.807, 2.05) is 13.8 Å². The third-order valence-electron chi connectivity index (χ3n) is 4.15. The minimum Gasteiger partial charge on any atom is -0.455 e. The number of Topliss-reactive ketones (excluding diaryl/α,β-unsaturated/α-hetero) is 1. The maximum atomic E-state index is 12.0. The number of rotatable bonds is 5. The Morgan fingerprint density at radius 1 is 1.12 bits per heavy atom. The average Bonchev–Trinajstić information content (AvgIpc) is 2.55. The molecule has 1 unspecified atom stereocenters. The molecule has 1 aliphatic heterocycles. The molecule has 1 saturated heterocycles. The van der Waals surface area contributed by atoms with E-state index in [0.717, 1.165) is 12.8 Å².